The van der Waals surface area contributed by atoms with E-state index < -0.39 is 0 Å². The molecule has 0 spiro atoms. The molecule has 114 valence electrons. The fourth-order valence-electron chi connectivity index (χ4n) is 2.88. The molecule has 0 bridgehead atoms. The number of nitrogens with one attached hydrogen (secondary N) is 1. The SMILES string of the molecule is CCCNC(CSC1CCCC1)Cc1nccn1CC. The maximum atomic E-state index is 4.53. The van der Waals surface area contributed by atoms with E-state index in [1.807, 2.05) is 6.20 Å². The molecular formula is C16H29N3S. The largest absolute Gasteiger partial charge is 0.335 e. The van der Waals surface area contributed by atoms with Crippen molar-refractivity contribution >= 4 is 11.8 Å². The van der Waals surface area contributed by atoms with Gasteiger partial charge in [-0.1, -0.05) is 19.8 Å². The van der Waals surface area contributed by atoms with E-state index in [1.54, 1.807) is 0 Å². The number of aryl methyl sites for hydroxylation is 1. The molecule has 0 saturated heterocycles. The van der Waals surface area contributed by atoms with Crippen LogP contribution in [-0.2, 0) is 13.0 Å². The topological polar surface area (TPSA) is 29.9 Å². The van der Waals surface area contributed by atoms with Gasteiger partial charge in [-0.15, -0.1) is 0 Å². The molecule has 3 nitrogen and oxygen atoms in total. The van der Waals surface area contributed by atoms with Gasteiger partial charge in [-0.2, -0.15) is 11.8 Å². The zero-order valence-corrected chi connectivity index (χ0v) is 13.8. The van der Waals surface area contributed by atoms with Crippen molar-refractivity contribution in [2.75, 3.05) is 12.3 Å². The van der Waals surface area contributed by atoms with E-state index in [4.69, 9.17) is 0 Å². The van der Waals surface area contributed by atoms with Crippen LogP contribution in [0.25, 0.3) is 0 Å². The van der Waals surface area contributed by atoms with E-state index in [9.17, 15) is 0 Å². The van der Waals surface area contributed by atoms with Gasteiger partial charge in [0.2, 0.25) is 0 Å². The number of nitrogens with zero attached hydrogens (tertiary/aromatic N) is 2. The van der Waals surface area contributed by atoms with E-state index in [-0.39, 0.29) is 0 Å². The molecule has 1 atom stereocenters. The Morgan fingerprint density at radius 2 is 2.20 bits per heavy atom. The summed E-state index contributed by atoms with van der Waals surface area (Å²) in [6.07, 6.45) is 12.0. The summed E-state index contributed by atoms with van der Waals surface area (Å²) in [6.45, 7) is 6.56. The summed E-state index contributed by atoms with van der Waals surface area (Å²) < 4.78 is 2.26. The summed E-state index contributed by atoms with van der Waals surface area (Å²) in [5.41, 5.74) is 0. The molecule has 1 unspecified atom stereocenters. The highest BCUT2D eigenvalue weighted by atomic mass is 32.2. The van der Waals surface area contributed by atoms with E-state index in [1.165, 1.54) is 43.7 Å². The molecule has 1 N–H and O–H groups in total. The van der Waals surface area contributed by atoms with E-state index in [0.717, 1.165) is 24.8 Å². The molecule has 1 saturated carbocycles. The number of thioether (sulfide) groups is 1. The molecule has 20 heavy (non-hydrogen) atoms. The highest BCUT2D eigenvalue weighted by molar-refractivity contribution is 7.99. The fourth-order valence-corrected chi connectivity index (χ4v) is 4.29. The number of aromatic nitrogens is 2. The second-order valence-corrected chi connectivity index (χ2v) is 7.06. The summed E-state index contributed by atoms with van der Waals surface area (Å²) in [4.78, 5) is 4.53. The smallest absolute Gasteiger partial charge is 0.110 e. The summed E-state index contributed by atoms with van der Waals surface area (Å²) in [5, 5.41) is 4.62. The Balaban J connectivity index is 1.85. The van der Waals surface area contributed by atoms with Gasteiger partial charge >= 0.3 is 0 Å². The Morgan fingerprint density at radius 3 is 2.90 bits per heavy atom. The molecule has 1 heterocycles. The minimum Gasteiger partial charge on any atom is -0.335 e. The zero-order chi connectivity index (χ0) is 14.2. The third-order valence-electron chi connectivity index (χ3n) is 4.09. The average Bonchev–Trinajstić information content (AvgIpc) is 3.12. The highest BCUT2D eigenvalue weighted by Crippen LogP contribution is 2.30. The fraction of sp³-hybridized carbons (Fsp3) is 0.812. The minimum absolute atomic E-state index is 0.563. The van der Waals surface area contributed by atoms with Crippen LogP contribution in [0, 0.1) is 0 Å². The molecule has 0 radical (unpaired) electrons. The van der Waals surface area contributed by atoms with Gasteiger partial charge < -0.3 is 9.88 Å². The van der Waals surface area contributed by atoms with Gasteiger partial charge in [0.15, 0.2) is 0 Å². The molecule has 1 aromatic heterocycles. The first-order valence-corrected chi connectivity index (χ1v) is 9.23. The van der Waals surface area contributed by atoms with Crippen LogP contribution in [0.4, 0.5) is 0 Å². The minimum atomic E-state index is 0.563. The van der Waals surface area contributed by atoms with Crippen molar-refractivity contribution < 1.29 is 0 Å². The maximum absolute atomic E-state index is 4.53. The molecule has 1 aliphatic carbocycles. The third kappa shape index (κ3) is 4.81. The normalized spacial score (nSPS) is 17.7. The van der Waals surface area contributed by atoms with Crippen molar-refractivity contribution in [2.24, 2.45) is 0 Å². The predicted octanol–water partition coefficient (Wildman–Crippen LogP) is 3.49. The van der Waals surface area contributed by atoms with E-state index in [2.05, 4.69) is 46.7 Å². The Hall–Kier alpha value is -0.480. The second kappa shape index (κ2) is 8.73. The molecule has 2 rings (SSSR count). The first-order chi connectivity index (χ1) is 9.83. The number of rotatable bonds is 9. The predicted molar refractivity (Wildman–Crippen MR) is 88.4 cm³/mol. The van der Waals surface area contributed by atoms with E-state index >= 15 is 0 Å². The van der Waals surface area contributed by atoms with Gasteiger partial charge in [0.1, 0.15) is 5.82 Å². The molecule has 1 fully saturated rings. The van der Waals surface area contributed by atoms with Crippen molar-refractivity contribution in [3.05, 3.63) is 18.2 Å². The van der Waals surface area contributed by atoms with Gasteiger partial charge in [-0.3, -0.25) is 0 Å². The molecule has 0 amide bonds. The molecule has 1 aromatic rings. The Kier molecular flexibility index (Phi) is 6.94. The van der Waals surface area contributed by atoms with E-state index in [0.29, 0.717) is 6.04 Å². The third-order valence-corrected chi connectivity index (χ3v) is 5.63. The van der Waals surface area contributed by atoms with Gasteiger partial charge in [-0.05, 0) is 32.7 Å². The highest BCUT2D eigenvalue weighted by Gasteiger charge is 2.19. The Morgan fingerprint density at radius 1 is 1.40 bits per heavy atom. The second-order valence-electron chi connectivity index (χ2n) is 5.72. The first-order valence-electron chi connectivity index (χ1n) is 8.18. The summed E-state index contributed by atoms with van der Waals surface area (Å²) in [7, 11) is 0. The lowest BCUT2D eigenvalue weighted by molar-refractivity contribution is 0.525. The summed E-state index contributed by atoms with van der Waals surface area (Å²) in [5.74, 6) is 2.45. The van der Waals surface area contributed by atoms with Crippen molar-refractivity contribution in [2.45, 2.75) is 70.2 Å². The van der Waals surface area contributed by atoms with Crippen LogP contribution in [0.3, 0.4) is 0 Å². The lowest BCUT2D eigenvalue weighted by atomic mass is 10.2. The molecule has 0 aliphatic heterocycles. The standard InChI is InChI=1S/C16H29N3S/c1-3-9-17-14(13-20-15-7-5-6-8-15)12-16-18-10-11-19(16)4-2/h10-11,14-15,17H,3-9,12-13H2,1-2H3. The van der Waals surface area contributed by atoms with Gasteiger partial charge in [0, 0.05) is 42.4 Å². The van der Waals surface area contributed by atoms with Crippen molar-refractivity contribution in [3.63, 3.8) is 0 Å². The number of hydrogen-bond acceptors (Lipinski definition) is 3. The summed E-state index contributed by atoms with van der Waals surface area (Å²) in [6, 6.07) is 0.563. The molecular weight excluding hydrogens is 266 g/mol. The Bertz CT molecular complexity index is 372. The van der Waals surface area contributed by atoms with Crippen LogP contribution < -0.4 is 5.32 Å². The monoisotopic (exact) mass is 295 g/mol. The molecule has 4 heteroatoms. The summed E-state index contributed by atoms with van der Waals surface area (Å²) >= 11 is 2.18. The van der Waals surface area contributed by atoms with Crippen LogP contribution in [0.5, 0.6) is 0 Å². The van der Waals surface area contributed by atoms with Crippen LogP contribution in [0.15, 0.2) is 12.4 Å². The number of hydrogen-bond donors (Lipinski definition) is 1. The van der Waals surface area contributed by atoms with Crippen molar-refractivity contribution in [1.82, 2.24) is 14.9 Å². The van der Waals surface area contributed by atoms with Crippen molar-refractivity contribution in [3.8, 4) is 0 Å². The lowest BCUT2D eigenvalue weighted by Crippen LogP contribution is -2.35. The van der Waals surface area contributed by atoms with Gasteiger partial charge in [-0.25, -0.2) is 4.98 Å². The van der Waals surface area contributed by atoms with Crippen LogP contribution in [0.2, 0.25) is 0 Å². The van der Waals surface area contributed by atoms with Crippen LogP contribution in [0.1, 0.15) is 51.8 Å². The van der Waals surface area contributed by atoms with Gasteiger partial charge in [0.25, 0.3) is 0 Å². The Labute approximate surface area is 127 Å². The molecule has 0 aromatic carbocycles. The van der Waals surface area contributed by atoms with Crippen LogP contribution >= 0.6 is 11.8 Å². The average molecular weight is 295 g/mol. The van der Waals surface area contributed by atoms with Crippen LogP contribution in [-0.4, -0.2) is 33.1 Å². The number of imidazole rings is 1. The quantitative estimate of drug-likeness (QED) is 0.756. The first kappa shape index (κ1) is 15.9. The zero-order valence-electron chi connectivity index (χ0n) is 13.0. The molecule has 1 aliphatic rings. The lowest BCUT2D eigenvalue weighted by Gasteiger charge is -2.20. The maximum Gasteiger partial charge on any atom is 0.110 e. The van der Waals surface area contributed by atoms with Gasteiger partial charge in [0.05, 0.1) is 0 Å². The van der Waals surface area contributed by atoms with Crippen molar-refractivity contribution in [1.29, 1.82) is 0 Å².